The Bertz CT molecular complexity index is 318. The van der Waals surface area contributed by atoms with Gasteiger partial charge < -0.3 is 30.6 Å². The summed E-state index contributed by atoms with van der Waals surface area (Å²) in [6, 6.07) is 0. The molecule has 0 aromatic carbocycles. The maximum absolute atomic E-state index is 10.8. The van der Waals surface area contributed by atoms with E-state index in [0.717, 1.165) is 0 Å². The van der Waals surface area contributed by atoms with Crippen molar-refractivity contribution in [1.82, 2.24) is 4.90 Å². The number of hydrogen-bond acceptors (Lipinski definition) is 7. The van der Waals surface area contributed by atoms with Crippen LogP contribution in [-0.2, 0) is 4.79 Å². The van der Waals surface area contributed by atoms with Crippen LogP contribution in [0.25, 0.3) is 0 Å². The predicted molar refractivity (Wildman–Crippen MR) is 74.6 cm³/mol. The van der Waals surface area contributed by atoms with E-state index in [1.54, 1.807) is 0 Å². The van der Waals surface area contributed by atoms with Gasteiger partial charge in [0.25, 0.3) is 0 Å². The summed E-state index contributed by atoms with van der Waals surface area (Å²) in [7, 11) is 0. The van der Waals surface area contributed by atoms with E-state index in [1.807, 2.05) is 20.8 Å². The summed E-state index contributed by atoms with van der Waals surface area (Å²) in [5, 5.41) is 55.9. The van der Waals surface area contributed by atoms with Gasteiger partial charge in [0.05, 0.1) is 19.3 Å². The first-order valence-electron chi connectivity index (χ1n) is 6.75. The fraction of sp³-hybridized carbons (Fsp3) is 0.923. The SMILES string of the molecule is CC(C)(C)CN(CC(=O)O)C[C@@H](O)[C@H](O)[C@@H](O)[C@@H](O)CO. The van der Waals surface area contributed by atoms with Gasteiger partial charge in [0.2, 0.25) is 0 Å². The molecule has 126 valence electrons. The van der Waals surface area contributed by atoms with Gasteiger partial charge in [-0.3, -0.25) is 9.69 Å². The molecular weight excluding hydrogens is 282 g/mol. The van der Waals surface area contributed by atoms with E-state index < -0.39 is 37.0 Å². The molecule has 0 aromatic heterocycles. The molecule has 6 N–H and O–H groups in total. The van der Waals surface area contributed by atoms with Crippen molar-refractivity contribution in [3.63, 3.8) is 0 Å². The molecule has 0 aliphatic rings. The Kier molecular flexibility index (Phi) is 8.30. The summed E-state index contributed by atoms with van der Waals surface area (Å²) in [5.41, 5.74) is -0.219. The molecule has 0 rings (SSSR count). The smallest absolute Gasteiger partial charge is 0.317 e. The lowest BCUT2D eigenvalue weighted by Gasteiger charge is -2.33. The van der Waals surface area contributed by atoms with Crippen molar-refractivity contribution in [2.75, 3.05) is 26.2 Å². The number of aliphatic hydroxyl groups is 5. The van der Waals surface area contributed by atoms with Gasteiger partial charge >= 0.3 is 5.97 Å². The first-order valence-corrected chi connectivity index (χ1v) is 6.75. The quantitative estimate of drug-likeness (QED) is 0.283. The second kappa shape index (κ2) is 8.62. The summed E-state index contributed by atoms with van der Waals surface area (Å²) in [6.45, 7) is 4.80. The lowest BCUT2D eigenvalue weighted by atomic mass is 9.95. The van der Waals surface area contributed by atoms with Crippen LogP contribution < -0.4 is 0 Å². The Balaban J connectivity index is 4.71. The highest BCUT2D eigenvalue weighted by atomic mass is 16.4. The molecule has 4 atom stereocenters. The highest BCUT2D eigenvalue weighted by Crippen LogP contribution is 2.16. The highest BCUT2D eigenvalue weighted by molar-refractivity contribution is 5.69. The van der Waals surface area contributed by atoms with Gasteiger partial charge in [-0.15, -0.1) is 0 Å². The Morgan fingerprint density at radius 2 is 1.52 bits per heavy atom. The zero-order chi connectivity index (χ0) is 16.8. The van der Waals surface area contributed by atoms with Crippen molar-refractivity contribution in [2.24, 2.45) is 5.41 Å². The molecule has 0 fully saturated rings. The number of aliphatic hydroxyl groups excluding tert-OH is 5. The molecule has 0 radical (unpaired) electrons. The van der Waals surface area contributed by atoms with Gasteiger partial charge in [-0.1, -0.05) is 20.8 Å². The average Bonchev–Trinajstić information content (AvgIpc) is 2.32. The molecule has 0 heterocycles. The zero-order valence-corrected chi connectivity index (χ0v) is 12.7. The minimum absolute atomic E-state index is 0.181. The van der Waals surface area contributed by atoms with E-state index in [9.17, 15) is 25.2 Å². The van der Waals surface area contributed by atoms with Crippen LogP contribution in [0.15, 0.2) is 0 Å². The molecular formula is C13H27NO7. The first kappa shape index (κ1) is 20.2. The molecule has 0 amide bonds. The van der Waals surface area contributed by atoms with E-state index >= 15 is 0 Å². The molecule has 0 spiro atoms. The van der Waals surface area contributed by atoms with Crippen molar-refractivity contribution in [3.05, 3.63) is 0 Å². The van der Waals surface area contributed by atoms with E-state index in [0.29, 0.717) is 6.54 Å². The number of rotatable bonds is 9. The Labute approximate surface area is 124 Å². The Morgan fingerprint density at radius 3 is 1.90 bits per heavy atom. The molecule has 0 aromatic rings. The van der Waals surface area contributed by atoms with Crippen LogP contribution >= 0.6 is 0 Å². The van der Waals surface area contributed by atoms with E-state index in [1.165, 1.54) is 4.90 Å². The van der Waals surface area contributed by atoms with E-state index in [-0.39, 0.29) is 18.5 Å². The topological polar surface area (TPSA) is 142 Å². The normalized spacial score (nSPS) is 18.3. The maximum Gasteiger partial charge on any atom is 0.317 e. The fourth-order valence-corrected chi connectivity index (χ4v) is 1.98. The van der Waals surface area contributed by atoms with Gasteiger partial charge in [-0.2, -0.15) is 0 Å². The number of aliphatic carboxylic acids is 1. The van der Waals surface area contributed by atoms with Crippen molar-refractivity contribution in [3.8, 4) is 0 Å². The molecule has 0 aliphatic carbocycles. The summed E-state index contributed by atoms with van der Waals surface area (Å²) in [4.78, 5) is 12.3. The average molecular weight is 309 g/mol. The van der Waals surface area contributed by atoms with Gasteiger partial charge in [0.1, 0.15) is 18.3 Å². The highest BCUT2D eigenvalue weighted by Gasteiger charge is 2.32. The van der Waals surface area contributed by atoms with Crippen molar-refractivity contribution < 1.29 is 35.4 Å². The van der Waals surface area contributed by atoms with Gasteiger partial charge in [0.15, 0.2) is 0 Å². The number of carboxylic acid groups (broad SMARTS) is 1. The molecule has 0 saturated heterocycles. The third-order valence-corrected chi connectivity index (χ3v) is 2.83. The maximum atomic E-state index is 10.8. The van der Waals surface area contributed by atoms with Gasteiger partial charge in [-0.05, 0) is 5.41 Å². The molecule has 21 heavy (non-hydrogen) atoms. The lowest BCUT2D eigenvalue weighted by molar-refractivity contribution is -0.141. The van der Waals surface area contributed by atoms with Crippen LogP contribution in [-0.4, -0.2) is 92.2 Å². The standard InChI is InChI=1S/C13H27NO7/c1-13(2,3)7-14(5-10(18)19)4-8(16)11(20)12(21)9(17)6-15/h8-9,11-12,15-17,20-21H,4-7H2,1-3H3,(H,18,19)/t8-,9+,11+,12+/m1/s1. The summed E-state index contributed by atoms with van der Waals surface area (Å²) in [6.07, 6.45) is -6.44. The second-order valence-corrected chi connectivity index (χ2v) is 6.42. The third-order valence-electron chi connectivity index (χ3n) is 2.83. The summed E-state index contributed by atoms with van der Waals surface area (Å²) < 4.78 is 0. The lowest BCUT2D eigenvalue weighted by Crippen LogP contribution is -2.51. The largest absolute Gasteiger partial charge is 0.480 e. The molecule has 8 heteroatoms. The number of hydrogen-bond donors (Lipinski definition) is 6. The minimum Gasteiger partial charge on any atom is -0.480 e. The zero-order valence-electron chi connectivity index (χ0n) is 12.7. The first-order chi connectivity index (χ1) is 9.47. The van der Waals surface area contributed by atoms with Gasteiger partial charge in [-0.25, -0.2) is 0 Å². The Hall–Kier alpha value is -0.770. The number of nitrogens with zero attached hydrogens (tertiary/aromatic N) is 1. The van der Waals surface area contributed by atoms with E-state index in [2.05, 4.69) is 0 Å². The third kappa shape index (κ3) is 8.30. The summed E-state index contributed by atoms with van der Waals surface area (Å²) in [5.74, 6) is -1.07. The molecule has 8 nitrogen and oxygen atoms in total. The molecule has 0 bridgehead atoms. The Morgan fingerprint density at radius 1 is 1.05 bits per heavy atom. The molecule has 0 aliphatic heterocycles. The van der Waals surface area contributed by atoms with Crippen LogP contribution in [0.2, 0.25) is 0 Å². The van der Waals surface area contributed by atoms with Crippen molar-refractivity contribution >= 4 is 5.97 Å². The van der Waals surface area contributed by atoms with Crippen LogP contribution in [0.1, 0.15) is 20.8 Å². The fourth-order valence-electron chi connectivity index (χ4n) is 1.98. The van der Waals surface area contributed by atoms with Crippen LogP contribution in [0, 0.1) is 5.41 Å². The molecule has 0 saturated carbocycles. The number of carbonyl (C=O) groups is 1. The van der Waals surface area contributed by atoms with Crippen molar-refractivity contribution in [2.45, 2.75) is 45.2 Å². The van der Waals surface area contributed by atoms with E-state index in [4.69, 9.17) is 10.2 Å². The molecule has 0 unspecified atom stereocenters. The van der Waals surface area contributed by atoms with Gasteiger partial charge in [0, 0.05) is 13.1 Å². The number of carboxylic acids is 1. The monoisotopic (exact) mass is 309 g/mol. The van der Waals surface area contributed by atoms with Crippen molar-refractivity contribution in [1.29, 1.82) is 0 Å². The minimum atomic E-state index is -1.72. The second-order valence-electron chi connectivity index (χ2n) is 6.42. The van der Waals surface area contributed by atoms with Crippen LogP contribution in [0.5, 0.6) is 0 Å². The summed E-state index contributed by atoms with van der Waals surface area (Å²) >= 11 is 0. The van der Waals surface area contributed by atoms with Crippen LogP contribution in [0.4, 0.5) is 0 Å². The predicted octanol–water partition coefficient (Wildman–Crippen LogP) is -2.14. The van der Waals surface area contributed by atoms with Crippen LogP contribution in [0.3, 0.4) is 0 Å².